The first kappa shape index (κ1) is 19.7. The second-order valence-electron chi connectivity index (χ2n) is 5.15. The van der Waals surface area contributed by atoms with Gasteiger partial charge in [-0.3, -0.25) is 10.1 Å². The summed E-state index contributed by atoms with van der Waals surface area (Å²) in [6.45, 7) is 0.0472. The summed E-state index contributed by atoms with van der Waals surface area (Å²) in [5, 5.41) is 13.4. The van der Waals surface area contributed by atoms with Crippen molar-refractivity contribution in [1.82, 2.24) is 4.72 Å². The molecular formula is C15H14F3N3O4S. The molecule has 0 saturated carbocycles. The van der Waals surface area contributed by atoms with E-state index < -0.39 is 31.6 Å². The molecule has 0 heterocycles. The van der Waals surface area contributed by atoms with E-state index in [1.807, 2.05) is 0 Å². The Morgan fingerprint density at radius 1 is 1.04 bits per heavy atom. The number of nitrogens with zero attached hydrogens (tertiary/aromatic N) is 1. The summed E-state index contributed by atoms with van der Waals surface area (Å²) < 4.78 is 64.3. The van der Waals surface area contributed by atoms with Crippen LogP contribution < -0.4 is 10.0 Å². The van der Waals surface area contributed by atoms with Gasteiger partial charge in [0.05, 0.1) is 15.4 Å². The monoisotopic (exact) mass is 389 g/mol. The molecule has 0 aliphatic carbocycles. The van der Waals surface area contributed by atoms with E-state index in [0.717, 1.165) is 18.2 Å². The molecule has 0 aliphatic rings. The van der Waals surface area contributed by atoms with Crippen LogP contribution >= 0.6 is 0 Å². The quantitative estimate of drug-likeness (QED) is 0.431. The number of nitro benzene ring substituents is 1. The van der Waals surface area contributed by atoms with Crippen molar-refractivity contribution in [1.29, 1.82) is 0 Å². The molecule has 0 bridgehead atoms. The second kappa shape index (κ2) is 7.70. The van der Waals surface area contributed by atoms with Crippen LogP contribution in [0.15, 0.2) is 53.4 Å². The molecule has 0 atom stereocenters. The van der Waals surface area contributed by atoms with E-state index in [1.54, 1.807) is 0 Å². The molecule has 2 N–H and O–H groups in total. The van der Waals surface area contributed by atoms with Crippen LogP contribution in [0.4, 0.5) is 24.5 Å². The fraction of sp³-hybridized carbons (Fsp3) is 0.200. The van der Waals surface area contributed by atoms with Gasteiger partial charge >= 0.3 is 6.18 Å². The van der Waals surface area contributed by atoms with E-state index in [2.05, 4.69) is 10.0 Å². The van der Waals surface area contributed by atoms with Crippen LogP contribution in [-0.4, -0.2) is 26.4 Å². The largest absolute Gasteiger partial charge is 0.416 e. The summed E-state index contributed by atoms with van der Waals surface area (Å²) in [5.41, 5.74) is -0.598. The highest BCUT2D eigenvalue weighted by Crippen LogP contribution is 2.30. The Morgan fingerprint density at radius 3 is 2.27 bits per heavy atom. The average Bonchev–Trinajstić information content (AvgIpc) is 2.58. The Kier molecular flexibility index (Phi) is 5.83. The van der Waals surface area contributed by atoms with E-state index in [4.69, 9.17) is 0 Å². The summed E-state index contributed by atoms with van der Waals surface area (Å²) in [6, 6.07) is 8.93. The Hall–Kier alpha value is -2.66. The third-order valence-electron chi connectivity index (χ3n) is 3.30. The first-order valence-corrected chi connectivity index (χ1v) is 8.73. The minimum absolute atomic E-state index is 0.0826. The lowest BCUT2D eigenvalue weighted by Gasteiger charge is -2.11. The Morgan fingerprint density at radius 2 is 1.69 bits per heavy atom. The number of benzene rings is 2. The number of nitro groups is 1. The minimum Gasteiger partial charge on any atom is -0.384 e. The number of sulfonamides is 1. The SMILES string of the molecule is O=[N+]([O-])c1ccc(NCCNS(=O)(=O)c2cccc(C(F)(F)F)c2)cc1. The third kappa shape index (κ3) is 5.17. The fourth-order valence-electron chi connectivity index (χ4n) is 2.02. The Bertz CT molecular complexity index is 884. The maximum atomic E-state index is 12.7. The topological polar surface area (TPSA) is 101 Å². The molecule has 2 rings (SSSR count). The molecule has 2 aromatic rings. The molecule has 0 saturated heterocycles. The van der Waals surface area contributed by atoms with Crippen molar-refractivity contribution in [2.24, 2.45) is 0 Å². The Labute approximate surface area is 147 Å². The van der Waals surface area contributed by atoms with Gasteiger partial charge in [-0.05, 0) is 30.3 Å². The zero-order chi connectivity index (χ0) is 19.4. The van der Waals surface area contributed by atoms with Crippen molar-refractivity contribution < 1.29 is 26.5 Å². The average molecular weight is 389 g/mol. The molecule has 140 valence electrons. The maximum Gasteiger partial charge on any atom is 0.416 e. The normalized spacial score (nSPS) is 12.0. The first-order chi connectivity index (χ1) is 12.1. The predicted octanol–water partition coefficient (Wildman–Crippen LogP) is 3.00. The smallest absolute Gasteiger partial charge is 0.384 e. The number of non-ortho nitro benzene ring substituents is 1. The van der Waals surface area contributed by atoms with Crippen LogP contribution in [0.25, 0.3) is 0 Å². The van der Waals surface area contributed by atoms with E-state index in [0.29, 0.717) is 11.8 Å². The molecule has 2 aromatic carbocycles. The first-order valence-electron chi connectivity index (χ1n) is 7.25. The number of halogens is 3. The number of hydrogen-bond donors (Lipinski definition) is 2. The van der Waals surface area contributed by atoms with Crippen LogP contribution in [0.2, 0.25) is 0 Å². The zero-order valence-corrected chi connectivity index (χ0v) is 14.0. The van der Waals surface area contributed by atoms with Gasteiger partial charge in [0, 0.05) is 30.9 Å². The standard InChI is InChI=1S/C15H14F3N3O4S/c16-15(17,18)11-2-1-3-14(10-11)26(24,25)20-9-8-19-12-4-6-13(7-5-12)21(22)23/h1-7,10,19-20H,8-9H2. The van der Waals surface area contributed by atoms with E-state index in [1.165, 1.54) is 24.3 Å². The van der Waals surface area contributed by atoms with E-state index in [9.17, 15) is 31.7 Å². The fourth-order valence-corrected chi connectivity index (χ4v) is 3.09. The van der Waals surface area contributed by atoms with Crippen LogP contribution in [0.1, 0.15) is 5.56 Å². The van der Waals surface area contributed by atoms with Crippen molar-refractivity contribution >= 4 is 21.4 Å². The van der Waals surface area contributed by atoms with Gasteiger partial charge in [0.1, 0.15) is 0 Å². The molecule has 0 aliphatic heterocycles. The van der Waals surface area contributed by atoms with Gasteiger partial charge in [-0.25, -0.2) is 13.1 Å². The molecule has 26 heavy (non-hydrogen) atoms. The summed E-state index contributed by atoms with van der Waals surface area (Å²) >= 11 is 0. The summed E-state index contributed by atoms with van der Waals surface area (Å²) in [7, 11) is -4.09. The second-order valence-corrected chi connectivity index (χ2v) is 6.92. The highest BCUT2D eigenvalue weighted by molar-refractivity contribution is 7.89. The molecule has 7 nitrogen and oxygen atoms in total. The van der Waals surface area contributed by atoms with Gasteiger partial charge in [-0.2, -0.15) is 13.2 Å². The van der Waals surface area contributed by atoms with Crippen LogP contribution in [0.3, 0.4) is 0 Å². The molecule has 0 unspecified atom stereocenters. The van der Waals surface area contributed by atoms with Gasteiger partial charge in [0.15, 0.2) is 0 Å². The van der Waals surface area contributed by atoms with E-state index >= 15 is 0 Å². The number of nitrogens with one attached hydrogen (secondary N) is 2. The molecule has 0 spiro atoms. The predicted molar refractivity (Wildman–Crippen MR) is 88.2 cm³/mol. The zero-order valence-electron chi connectivity index (χ0n) is 13.2. The molecule has 0 aromatic heterocycles. The van der Waals surface area contributed by atoms with Crippen molar-refractivity contribution in [3.8, 4) is 0 Å². The minimum atomic E-state index is -4.64. The lowest BCUT2D eigenvalue weighted by Crippen LogP contribution is -2.29. The summed E-state index contributed by atoms with van der Waals surface area (Å²) in [4.78, 5) is 9.51. The Balaban J connectivity index is 1.93. The van der Waals surface area contributed by atoms with Gasteiger partial charge in [-0.1, -0.05) is 6.07 Å². The number of anilines is 1. The molecular weight excluding hydrogens is 375 g/mol. The van der Waals surface area contributed by atoms with Gasteiger partial charge < -0.3 is 5.32 Å². The van der Waals surface area contributed by atoms with Crippen LogP contribution in [0.5, 0.6) is 0 Å². The van der Waals surface area contributed by atoms with Gasteiger partial charge in [0.25, 0.3) is 5.69 Å². The molecule has 11 heteroatoms. The van der Waals surface area contributed by atoms with Crippen molar-refractivity contribution in [3.63, 3.8) is 0 Å². The summed E-state index contributed by atoms with van der Waals surface area (Å²) in [6.07, 6.45) is -4.64. The van der Waals surface area contributed by atoms with Crippen LogP contribution in [-0.2, 0) is 16.2 Å². The molecule has 0 fully saturated rings. The molecule has 0 amide bonds. The lowest BCUT2D eigenvalue weighted by molar-refractivity contribution is -0.384. The van der Waals surface area contributed by atoms with Crippen LogP contribution in [0, 0.1) is 10.1 Å². The molecule has 0 radical (unpaired) electrons. The van der Waals surface area contributed by atoms with E-state index in [-0.39, 0.29) is 18.8 Å². The number of hydrogen-bond acceptors (Lipinski definition) is 5. The number of alkyl halides is 3. The highest BCUT2D eigenvalue weighted by Gasteiger charge is 2.31. The number of rotatable bonds is 7. The van der Waals surface area contributed by atoms with Crippen molar-refractivity contribution in [2.45, 2.75) is 11.1 Å². The van der Waals surface area contributed by atoms with Gasteiger partial charge in [-0.15, -0.1) is 0 Å². The summed E-state index contributed by atoms with van der Waals surface area (Å²) in [5.74, 6) is 0. The lowest BCUT2D eigenvalue weighted by atomic mass is 10.2. The van der Waals surface area contributed by atoms with Crippen molar-refractivity contribution in [2.75, 3.05) is 18.4 Å². The van der Waals surface area contributed by atoms with Crippen molar-refractivity contribution in [3.05, 3.63) is 64.2 Å². The third-order valence-corrected chi connectivity index (χ3v) is 4.75. The van der Waals surface area contributed by atoms with Gasteiger partial charge in [0.2, 0.25) is 10.0 Å². The highest BCUT2D eigenvalue weighted by atomic mass is 32.2. The maximum absolute atomic E-state index is 12.7.